The monoisotopic (exact) mass is 287 g/mol. The number of azide groups is 1. The maximum absolute atomic E-state index is 8.46. The maximum Gasteiger partial charge on any atom is 0.169 e. The summed E-state index contributed by atoms with van der Waals surface area (Å²) < 4.78 is 18.2. The Labute approximate surface area is 117 Å². The molecule has 0 saturated carbocycles. The summed E-state index contributed by atoms with van der Waals surface area (Å²) in [6.07, 6.45) is 1.23. The van der Waals surface area contributed by atoms with Crippen molar-refractivity contribution in [2.75, 3.05) is 12.3 Å². The van der Waals surface area contributed by atoms with Gasteiger partial charge in [0.1, 0.15) is 17.6 Å². The highest BCUT2D eigenvalue weighted by Gasteiger charge is 2.56. The highest BCUT2D eigenvalue weighted by atomic mass is 32.2. The van der Waals surface area contributed by atoms with Crippen molar-refractivity contribution in [3.8, 4) is 0 Å². The van der Waals surface area contributed by atoms with E-state index >= 15 is 0 Å². The Bertz CT molecular complexity index is 358. The largest absolute Gasteiger partial charge is 0.359 e. The van der Waals surface area contributed by atoms with Gasteiger partial charge in [-0.15, -0.1) is 11.8 Å². The van der Waals surface area contributed by atoms with Crippen LogP contribution in [0.2, 0.25) is 0 Å². The van der Waals surface area contributed by atoms with Gasteiger partial charge in [0.05, 0.1) is 12.6 Å². The highest BCUT2D eigenvalue weighted by Crippen LogP contribution is 2.44. The Hall–Kier alpha value is -0.460. The summed E-state index contributed by atoms with van der Waals surface area (Å²) in [5.41, 5.74) is 8.42. The summed E-state index contributed by atoms with van der Waals surface area (Å²) in [5.74, 6) is 0.455. The number of fused-ring (bicyclic) bond motifs is 1. The average molecular weight is 287 g/mol. The number of rotatable bonds is 6. The minimum Gasteiger partial charge on any atom is -0.359 e. The van der Waals surface area contributed by atoms with Gasteiger partial charge in [-0.3, -0.25) is 0 Å². The number of thioether (sulfide) groups is 1. The van der Waals surface area contributed by atoms with Crippen molar-refractivity contribution in [2.24, 2.45) is 5.11 Å². The molecule has 0 N–H and O–H groups in total. The molecule has 0 radical (unpaired) electrons. The van der Waals surface area contributed by atoms with Gasteiger partial charge in [-0.1, -0.05) is 25.9 Å². The molecule has 19 heavy (non-hydrogen) atoms. The van der Waals surface area contributed by atoms with Crippen molar-refractivity contribution in [3.05, 3.63) is 10.4 Å². The summed E-state index contributed by atoms with van der Waals surface area (Å²) in [5, 5.41) is 3.62. The Morgan fingerprint density at radius 2 is 1.89 bits per heavy atom. The van der Waals surface area contributed by atoms with E-state index in [9.17, 15) is 0 Å². The second-order valence-corrected chi connectivity index (χ2v) is 6.07. The molecule has 0 aromatic heterocycles. The van der Waals surface area contributed by atoms with E-state index in [4.69, 9.17) is 19.7 Å². The molecule has 4 atom stereocenters. The zero-order valence-corrected chi connectivity index (χ0v) is 12.4. The van der Waals surface area contributed by atoms with Crippen molar-refractivity contribution in [1.82, 2.24) is 0 Å². The normalized spacial score (nSPS) is 35.9. The Balaban J connectivity index is 2.13. The molecule has 7 heteroatoms. The molecule has 2 heterocycles. The highest BCUT2D eigenvalue weighted by molar-refractivity contribution is 7.99. The summed E-state index contributed by atoms with van der Waals surface area (Å²) in [6, 6.07) is 0. The van der Waals surface area contributed by atoms with Crippen LogP contribution in [0.3, 0.4) is 0 Å². The lowest BCUT2D eigenvalue weighted by Crippen LogP contribution is -2.34. The van der Waals surface area contributed by atoms with Gasteiger partial charge >= 0.3 is 0 Å². The third-order valence-corrected chi connectivity index (χ3v) is 4.74. The van der Waals surface area contributed by atoms with Crippen LogP contribution in [0.5, 0.6) is 0 Å². The van der Waals surface area contributed by atoms with Crippen molar-refractivity contribution in [3.63, 3.8) is 0 Å². The minimum atomic E-state index is -0.500. The Morgan fingerprint density at radius 1 is 1.21 bits per heavy atom. The quantitative estimate of drug-likeness (QED) is 0.427. The van der Waals surface area contributed by atoms with E-state index < -0.39 is 5.79 Å². The maximum atomic E-state index is 8.46. The summed E-state index contributed by atoms with van der Waals surface area (Å²) in [7, 11) is 0. The molecule has 2 saturated heterocycles. The first-order chi connectivity index (χ1) is 9.19. The summed E-state index contributed by atoms with van der Waals surface area (Å²) in [6.45, 7) is 6.52. The van der Waals surface area contributed by atoms with E-state index in [1.54, 1.807) is 11.8 Å². The van der Waals surface area contributed by atoms with Crippen LogP contribution in [0.4, 0.5) is 0 Å². The number of hydrogen-bond donors (Lipinski definition) is 0. The topological polar surface area (TPSA) is 76.5 Å². The molecule has 0 bridgehead atoms. The van der Waals surface area contributed by atoms with Crippen LogP contribution in [-0.2, 0) is 14.2 Å². The van der Waals surface area contributed by atoms with Gasteiger partial charge in [0, 0.05) is 4.91 Å². The van der Waals surface area contributed by atoms with Crippen LogP contribution in [0.15, 0.2) is 5.11 Å². The van der Waals surface area contributed by atoms with E-state index in [0.717, 1.165) is 18.6 Å². The third kappa shape index (κ3) is 2.85. The minimum absolute atomic E-state index is 0.0335. The van der Waals surface area contributed by atoms with Crippen molar-refractivity contribution in [2.45, 2.75) is 63.1 Å². The van der Waals surface area contributed by atoms with Gasteiger partial charge in [-0.2, -0.15) is 0 Å². The molecular formula is C12H21N3O3S. The Morgan fingerprint density at radius 3 is 2.47 bits per heavy atom. The molecule has 2 aliphatic heterocycles. The lowest BCUT2D eigenvalue weighted by atomic mass is 10.1. The number of hydrogen-bond acceptors (Lipinski definition) is 5. The smallest absolute Gasteiger partial charge is 0.169 e. The summed E-state index contributed by atoms with van der Waals surface area (Å²) in [4.78, 5) is 2.80. The van der Waals surface area contributed by atoms with Gasteiger partial charge in [-0.05, 0) is 24.1 Å². The van der Waals surface area contributed by atoms with Crippen molar-refractivity contribution >= 4 is 11.8 Å². The van der Waals surface area contributed by atoms with E-state index in [0.29, 0.717) is 6.54 Å². The van der Waals surface area contributed by atoms with Crippen molar-refractivity contribution in [1.29, 1.82) is 0 Å². The molecule has 2 rings (SSSR count). The lowest BCUT2D eigenvalue weighted by molar-refractivity contribution is -0.204. The molecule has 0 aromatic carbocycles. The zero-order valence-electron chi connectivity index (χ0n) is 11.6. The fourth-order valence-corrected chi connectivity index (χ4v) is 3.58. The molecule has 0 spiro atoms. The molecule has 0 aliphatic carbocycles. The van der Waals surface area contributed by atoms with Gasteiger partial charge < -0.3 is 14.2 Å². The second-order valence-electron chi connectivity index (χ2n) is 4.69. The Kier molecular flexibility index (Phi) is 4.97. The first-order valence-electron chi connectivity index (χ1n) is 6.83. The molecule has 2 aliphatic rings. The van der Waals surface area contributed by atoms with Crippen LogP contribution >= 0.6 is 11.8 Å². The average Bonchev–Trinajstić information content (AvgIpc) is 2.95. The molecule has 2 fully saturated rings. The first kappa shape index (κ1) is 14.9. The fraction of sp³-hybridized carbons (Fsp3) is 1.00. The van der Waals surface area contributed by atoms with Crippen LogP contribution in [0.25, 0.3) is 10.4 Å². The van der Waals surface area contributed by atoms with E-state index in [-0.39, 0.29) is 23.7 Å². The van der Waals surface area contributed by atoms with Gasteiger partial charge in [0.25, 0.3) is 0 Å². The van der Waals surface area contributed by atoms with Crippen molar-refractivity contribution < 1.29 is 14.2 Å². The number of ether oxygens (including phenoxy) is 3. The van der Waals surface area contributed by atoms with Crippen LogP contribution in [-0.4, -0.2) is 41.8 Å². The van der Waals surface area contributed by atoms with E-state index in [1.807, 2.05) is 0 Å². The predicted molar refractivity (Wildman–Crippen MR) is 73.9 cm³/mol. The van der Waals surface area contributed by atoms with Crippen LogP contribution in [0.1, 0.15) is 33.6 Å². The fourth-order valence-electron chi connectivity index (χ4n) is 2.63. The first-order valence-corrected chi connectivity index (χ1v) is 7.88. The predicted octanol–water partition coefficient (Wildman–Crippen LogP) is 3.08. The van der Waals surface area contributed by atoms with Gasteiger partial charge in [-0.25, -0.2) is 0 Å². The third-order valence-electron chi connectivity index (χ3n) is 3.70. The van der Waals surface area contributed by atoms with E-state index in [2.05, 4.69) is 30.8 Å². The summed E-state index contributed by atoms with van der Waals surface area (Å²) >= 11 is 1.71. The number of nitrogens with zero attached hydrogens (tertiary/aromatic N) is 3. The molecule has 108 valence electrons. The molecule has 2 unspecified atom stereocenters. The second kappa shape index (κ2) is 6.33. The van der Waals surface area contributed by atoms with E-state index in [1.165, 1.54) is 0 Å². The molecule has 6 nitrogen and oxygen atoms in total. The molecule has 0 amide bonds. The van der Waals surface area contributed by atoms with Crippen LogP contribution < -0.4 is 0 Å². The van der Waals surface area contributed by atoms with Gasteiger partial charge in [0.2, 0.25) is 0 Å². The van der Waals surface area contributed by atoms with Gasteiger partial charge in [0.15, 0.2) is 5.79 Å². The molecular weight excluding hydrogens is 266 g/mol. The molecule has 0 aromatic rings. The zero-order chi connectivity index (χ0) is 13.9. The standard InChI is InChI=1S/C12H21N3O3S/c1-4-12(5-2)17-9-8(7-14-15-13)16-11(19-6-3)10(9)18-12/h8-11H,4-7H2,1-3H3/t8-,9?,10?,11-/m1/s1. The lowest BCUT2D eigenvalue weighted by Gasteiger charge is -2.28. The van der Waals surface area contributed by atoms with Crippen LogP contribution in [0, 0.1) is 0 Å². The SMILES string of the molecule is CCS[C@H]1O[C@H](CN=[N+]=[N-])C2OC(CC)(CC)OC21.